The minimum atomic E-state index is 0.0119. The van der Waals surface area contributed by atoms with E-state index in [1.54, 1.807) is 0 Å². The first-order valence-corrected chi connectivity index (χ1v) is 9.99. The Kier molecular flexibility index (Phi) is 5.04. The third-order valence-electron chi connectivity index (χ3n) is 5.09. The summed E-state index contributed by atoms with van der Waals surface area (Å²) in [5.41, 5.74) is 4.55. The maximum absolute atomic E-state index is 12.8. The zero-order chi connectivity index (χ0) is 17.1. The highest BCUT2D eigenvalue weighted by molar-refractivity contribution is 7.10. The molecule has 1 N–H and O–H groups in total. The molecular weight excluding hydrogens is 332 g/mol. The number of anilines is 1. The molecule has 0 atom stereocenters. The van der Waals surface area contributed by atoms with Crippen molar-refractivity contribution in [2.45, 2.75) is 32.2 Å². The van der Waals surface area contributed by atoms with Gasteiger partial charge in [-0.25, -0.2) is 0 Å². The number of rotatable bonds is 4. The fraction of sp³-hybridized carbons (Fsp3) is 0.450. The van der Waals surface area contributed by atoms with Gasteiger partial charge in [-0.2, -0.15) is 0 Å². The van der Waals surface area contributed by atoms with Gasteiger partial charge < -0.3 is 15.0 Å². The SMILES string of the molecule is O=C(NCc1csc2c1CCCC2)c1ccccc1N1CCOCC1. The Morgan fingerprint density at radius 1 is 1.16 bits per heavy atom. The van der Waals surface area contributed by atoms with Crippen molar-refractivity contribution in [3.8, 4) is 0 Å². The second-order valence-corrected chi connectivity index (χ2v) is 7.63. The highest BCUT2D eigenvalue weighted by Crippen LogP contribution is 2.30. The molecule has 0 bridgehead atoms. The van der Waals surface area contributed by atoms with E-state index in [1.807, 2.05) is 35.6 Å². The van der Waals surface area contributed by atoms with Gasteiger partial charge in [0.15, 0.2) is 0 Å². The Morgan fingerprint density at radius 3 is 2.84 bits per heavy atom. The minimum absolute atomic E-state index is 0.0119. The molecule has 132 valence electrons. The first-order valence-electron chi connectivity index (χ1n) is 9.11. The molecular formula is C20H24N2O2S. The second-order valence-electron chi connectivity index (χ2n) is 6.67. The van der Waals surface area contributed by atoms with Crippen molar-refractivity contribution < 1.29 is 9.53 Å². The summed E-state index contributed by atoms with van der Waals surface area (Å²) in [5.74, 6) is 0.0119. The Labute approximate surface area is 152 Å². The van der Waals surface area contributed by atoms with Gasteiger partial charge in [0, 0.05) is 30.2 Å². The lowest BCUT2D eigenvalue weighted by atomic mass is 9.96. The summed E-state index contributed by atoms with van der Waals surface area (Å²) >= 11 is 1.85. The number of carbonyl (C=O) groups is 1. The predicted octanol–water partition coefficient (Wildman–Crippen LogP) is 3.39. The van der Waals surface area contributed by atoms with Crippen LogP contribution in [0.1, 0.15) is 39.2 Å². The summed E-state index contributed by atoms with van der Waals surface area (Å²) in [6.45, 7) is 3.74. The Hall–Kier alpha value is -1.85. The van der Waals surface area contributed by atoms with Crippen LogP contribution in [0, 0.1) is 0 Å². The molecule has 0 spiro atoms. The number of benzene rings is 1. The highest BCUT2D eigenvalue weighted by atomic mass is 32.1. The van der Waals surface area contributed by atoms with Gasteiger partial charge in [0.2, 0.25) is 0 Å². The number of nitrogens with one attached hydrogen (secondary N) is 1. The lowest BCUT2D eigenvalue weighted by Crippen LogP contribution is -2.37. The van der Waals surface area contributed by atoms with E-state index in [1.165, 1.54) is 35.3 Å². The normalized spacial score (nSPS) is 17.2. The van der Waals surface area contributed by atoms with Gasteiger partial charge in [-0.05, 0) is 54.3 Å². The van der Waals surface area contributed by atoms with Crippen LogP contribution in [0.4, 0.5) is 5.69 Å². The number of nitrogens with zero attached hydrogens (tertiary/aromatic N) is 1. The molecule has 5 heteroatoms. The molecule has 1 aliphatic carbocycles. The highest BCUT2D eigenvalue weighted by Gasteiger charge is 2.20. The van der Waals surface area contributed by atoms with Gasteiger partial charge in [0.25, 0.3) is 5.91 Å². The van der Waals surface area contributed by atoms with Crippen LogP contribution >= 0.6 is 11.3 Å². The fourth-order valence-electron chi connectivity index (χ4n) is 3.73. The minimum Gasteiger partial charge on any atom is -0.378 e. The molecule has 1 fully saturated rings. The van der Waals surface area contributed by atoms with Crippen LogP contribution in [0.25, 0.3) is 0 Å². The zero-order valence-electron chi connectivity index (χ0n) is 14.4. The maximum Gasteiger partial charge on any atom is 0.253 e. The number of carbonyl (C=O) groups excluding carboxylic acids is 1. The lowest BCUT2D eigenvalue weighted by Gasteiger charge is -2.30. The van der Waals surface area contributed by atoms with Crippen LogP contribution in [-0.2, 0) is 24.1 Å². The summed E-state index contributed by atoms with van der Waals surface area (Å²) in [6, 6.07) is 7.89. The van der Waals surface area contributed by atoms with E-state index >= 15 is 0 Å². The molecule has 25 heavy (non-hydrogen) atoms. The van der Waals surface area contributed by atoms with Crippen molar-refractivity contribution in [2.75, 3.05) is 31.2 Å². The number of hydrogen-bond acceptors (Lipinski definition) is 4. The largest absolute Gasteiger partial charge is 0.378 e. The van der Waals surface area contributed by atoms with Crippen LogP contribution in [0.2, 0.25) is 0 Å². The van der Waals surface area contributed by atoms with E-state index in [9.17, 15) is 4.79 Å². The average Bonchev–Trinajstić information content (AvgIpc) is 3.10. The van der Waals surface area contributed by atoms with E-state index in [0.29, 0.717) is 6.54 Å². The number of thiophene rings is 1. The Morgan fingerprint density at radius 2 is 1.96 bits per heavy atom. The van der Waals surface area contributed by atoms with Gasteiger partial charge in [0.05, 0.1) is 18.8 Å². The number of hydrogen-bond donors (Lipinski definition) is 1. The van der Waals surface area contributed by atoms with Crippen molar-refractivity contribution >= 4 is 22.9 Å². The van der Waals surface area contributed by atoms with Gasteiger partial charge in [-0.1, -0.05) is 12.1 Å². The number of aryl methyl sites for hydroxylation is 1. The number of morpholine rings is 1. The summed E-state index contributed by atoms with van der Waals surface area (Å²) in [4.78, 5) is 16.6. The first kappa shape index (κ1) is 16.6. The van der Waals surface area contributed by atoms with E-state index in [4.69, 9.17) is 4.74 Å². The second kappa shape index (κ2) is 7.58. The van der Waals surface area contributed by atoms with Crippen molar-refractivity contribution in [1.29, 1.82) is 0 Å². The monoisotopic (exact) mass is 356 g/mol. The third-order valence-corrected chi connectivity index (χ3v) is 6.23. The van der Waals surface area contributed by atoms with Crippen LogP contribution in [0.15, 0.2) is 29.6 Å². The molecule has 1 aromatic heterocycles. The van der Waals surface area contributed by atoms with Gasteiger partial charge in [0.1, 0.15) is 0 Å². The number of amides is 1. The molecule has 4 rings (SSSR count). The Bertz CT molecular complexity index is 750. The smallest absolute Gasteiger partial charge is 0.253 e. The Balaban J connectivity index is 1.47. The van der Waals surface area contributed by atoms with E-state index < -0.39 is 0 Å². The molecule has 2 aliphatic rings. The molecule has 0 saturated carbocycles. The van der Waals surface area contributed by atoms with Crippen molar-refractivity contribution in [1.82, 2.24) is 5.32 Å². The summed E-state index contributed by atoms with van der Waals surface area (Å²) < 4.78 is 5.43. The van der Waals surface area contributed by atoms with Gasteiger partial charge in [-0.3, -0.25) is 4.79 Å². The fourth-order valence-corrected chi connectivity index (χ4v) is 4.87. The zero-order valence-corrected chi connectivity index (χ0v) is 15.2. The number of ether oxygens (including phenoxy) is 1. The summed E-state index contributed by atoms with van der Waals surface area (Å²) in [5, 5.41) is 5.37. The molecule has 1 amide bonds. The van der Waals surface area contributed by atoms with E-state index in [2.05, 4.69) is 15.6 Å². The molecule has 0 unspecified atom stereocenters. The molecule has 4 nitrogen and oxygen atoms in total. The van der Waals surface area contributed by atoms with Crippen LogP contribution in [-0.4, -0.2) is 32.2 Å². The summed E-state index contributed by atoms with van der Waals surface area (Å²) in [7, 11) is 0. The standard InChI is InChI=1S/C20H24N2O2S/c23-20(21-13-15-14-25-19-8-4-2-5-16(15)19)17-6-1-3-7-18(17)22-9-11-24-12-10-22/h1,3,6-7,14H,2,4-5,8-13H2,(H,21,23). The molecule has 0 radical (unpaired) electrons. The molecule has 2 aromatic rings. The van der Waals surface area contributed by atoms with E-state index in [0.717, 1.165) is 44.0 Å². The van der Waals surface area contributed by atoms with E-state index in [-0.39, 0.29) is 5.91 Å². The number of para-hydroxylation sites is 1. The maximum atomic E-state index is 12.8. The molecule has 1 aliphatic heterocycles. The van der Waals surface area contributed by atoms with Crippen LogP contribution in [0.3, 0.4) is 0 Å². The molecule has 2 heterocycles. The predicted molar refractivity (Wildman–Crippen MR) is 102 cm³/mol. The topological polar surface area (TPSA) is 41.6 Å². The van der Waals surface area contributed by atoms with Crippen molar-refractivity contribution in [2.24, 2.45) is 0 Å². The van der Waals surface area contributed by atoms with Crippen molar-refractivity contribution in [3.05, 3.63) is 51.2 Å². The van der Waals surface area contributed by atoms with Crippen LogP contribution in [0.5, 0.6) is 0 Å². The summed E-state index contributed by atoms with van der Waals surface area (Å²) in [6.07, 6.45) is 4.93. The third kappa shape index (κ3) is 3.58. The average molecular weight is 356 g/mol. The van der Waals surface area contributed by atoms with Gasteiger partial charge >= 0.3 is 0 Å². The van der Waals surface area contributed by atoms with Gasteiger partial charge in [-0.15, -0.1) is 11.3 Å². The lowest BCUT2D eigenvalue weighted by molar-refractivity contribution is 0.0949. The number of fused-ring (bicyclic) bond motifs is 1. The first-order chi connectivity index (χ1) is 12.3. The van der Waals surface area contributed by atoms with Crippen molar-refractivity contribution in [3.63, 3.8) is 0 Å². The molecule has 1 aromatic carbocycles. The molecule has 1 saturated heterocycles. The van der Waals surface area contributed by atoms with Crippen LogP contribution < -0.4 is 10.2 Å². The quantitative estimate of drug-likeness (QED) is 0.913.